The van der Waals surface area contributed by atoms with Gasteiger partial charge in [-0.2, -0.15) is 0 Å². The first-order valence-corrected chi connectivity index (χ1v) is 16.4. The van der Waals surface area contributed by atoms with E-state index in [9.17, 15) is 0 Å². The molecule has 7 heteroatoms. The van der Waals surface area contributed by atoms with Crippen LogP contribution in [0.25, 0.3) is 77.7 Å². The fourth-order valence-electron chi connectivity index (χ4n) is 7.26. The fourth-order valence-corrected chi connectivity index (χ4v) is 8.10. The molecule has 0 amide bonds. The van der Waals surface area contributed by atoms with Gasteiger partial charge < -0.3 is 0 Å². The van der Waals surface area contributed by atoms with Crippen molar-refractivity contribution in [3.8, 4) is 17.1 Å². The molecule has 10 aromatic rings. The molecule has 0 aliphatic carbocycles. The summed E-state index contributed by atoms with van der Waals surface area (Å²) in [6.07, 6.45) is 0. The van der Waals surface area contributed by atoms with Gasteiger partial charge in [-0.15, -0.1) is 0 Å². The first-order chi connectivity index (χ1) is 22.7. The van der Waals surface area contributed by atoms with Crippen LogP contribution in [0, 0.1) is 3.80 Å². The Morgan fingerprint density at radius 3 is 1.85 bits per heavy atom. The predicted molar refractivity (Wildman–Crippen MR) is 183 cm³/mol. The SMILES string of the molecule is Cn1[c](=[Pt])n(-c2ccc3c4ccccc4n(-c4cccc(-n5c6ccccc6n6c7ccccc7nc56)c4)c3c2)c2ccccc21. The summed E-state index contributed by atoms with van der Waals surface area (Å²) in [6, 6.07) is 49.9. The quantitative estimate of drug-likeness (QED) is 0.177. The summed E-state index contributed by atoms with van der Waals surface area (Å²) in [5.74, 6) is 0.908. The molecule has 0 saturated carbocycles. The van der Waals surface area contributed by atoms with Crippen molar-refractivity contribution >= 4 is 60.7 Å². The van der Waals surface area contributed by atoms with Crippen molar-refractivity contribution in [2.75, 3.05) is 0 Å². The molecule has 0 aliphatic rings. The van der Waals surface area contributed by atoms with Crippen LogP contribution in [0.2, 0.25) is 0 Å². The van der Waals surface area contributed by atoms with Gasteiger partial charge in [0.05, 0.1) is 11.0 Å². The molecule has 0 radical (unpaired) electrons. The molecule has 46 heavy (non-hydrogen) atoms. The first-order valence-electron chi connectivity index (χ1n) is 15.3. The molecular weight excluding hydrogens is 748 g/mol. The van der Waals surface area contributed by atoms with Crippen LogP contribution in [-0.2, 0) is 26.4 Å². The molecule has 0 atom stereocenters. The van der Waals surface area contributed by atoms with Crippen molar-refractivity contribution in [1.29, 1.82) is 0 Å². The summed E-state index contributed by atoms with van der Waals surface area (Å²) in [5.41, 5.74) is 12.4. The molecule has 0 unspecified atom stereocenters. The first kappa shape index (κ1) is 25.8. The van der Waals surface area contributed by atoms with Gasteiger partial charge in [-0.3, -0.25) is 0 Å². The third-order valence-corrected chi connectivity index (χ3v) is 10.5. The van der Waals surface area contributed by atoms with Gasteiger partial charge >= 0.3 is 222 Å². The molecular formula is C39H26N6Pt. The Bertz CT molecular complexity index is 2910. The number of imidazole rings is 3. The average Bonchev–Trinajstić information content (AvgIpc) is 3.80. The Balaban J connectivity index is 1.25. The van der Waals surface area contributed by atoms with E-state index >= 15 is 0 Å². The van der Waals surface area contributed by atoms with Gasteiger partial charge in [0.2, 0.25) is 0 Å². The van der Waals surface area contributed by atoms with Gasteiger partial charge in [0.25, 0.3) is 0 Å². The van der Waals surface area contributed by atoms with Gasteiger partial charge in [-0.05, 0) is 18.2 Å². The average molecular weight is 774 g/mol. The van der Waals surface area contributed by atoms with Crippen molar-refractivity contribution in [3.63, 3.8) is 0 Å². The number of fused-ring (bicyclic) bond motifs is 9. The molecule has 0 aliphatic heterocycles. The van der Waals surface area contributed by atoms with Gasteiger partial charge in [-0.1, -0.05) is 24.3 Å². The Labute approximate surface area is 274 Å². The van der Waals surface area contributed by atoms with Crippen molar-refractivity contribution in [1.82, 2.24) is 27.7 Å². The minimum atomic E-state index is 0.908. The van der Waals surface area contributed by atoms with Crippen LogP contribution in [0.1, 0.15) is 0 Å². The van der Waals surface area contributed by atoms with E-state index in [1.807, 2.05) is 0 Å². The van der Waals surface area contributed by atoms with E-state index in [2.05, 4.69) is 189 Å². The van der Waals surface area contributed by atoms with E-state index in [0.717, 1.165) is 48.7 Å². The molecule has 222 valence electrons. The number of rotatable bonds is 3. The van der Waals surface area contributed by atoms with Crippen LogP contribution >= 0.6 is 0 Å². The Kier molecular flexibility index (Phi) is 5.35. The van der Waals surface area contributed by atoms with Crippen molar-refractivity contribution < 1.29 is 19.4 Å². The van der Waals surface area contributed by atoms with Crippen LogP contribution in [0.3, 0.4) is 0 Å². The van der Waals surface area contributed by atoms with Gasteiger partial charge in [0.1, 0.15) is 0 Å². The van der Waals surface area contributed by atoms with Crippen LogP contribution < -0.4 is 0 Å². The number of aromatic nitrogens is 6. The second-order valence-corrected chi connectivity index (χ2v) is 12.8. The molecule has 6 nitrogen and oxygen atoms in total. The number of hydrogen-bond donors (Lipinski definition) is 0. The molecule has 4 aromatic heterocycles. The summed E-state index contributed by atoms with van der Waals surface area (Å²) in [7, 11) is 2.13. The van der Waals surface area contributed by atoms with Crippen molar-refractivity contribution in [3.05, 3.63) is 143 Å². The molecule has 0 fully saturated rings. The van der Waals surface area contributed by atoms with Crippen molar-refractivity contribution in [2.24, 2.45) is 7.05 Å². The third-order valence-electron chi connectivity index (χ3n) is 9.28. The molecule has 0 spiro atoms. The normalized spacial score (nSPS) is 12.2. The van der Waals surface area contributed by atoms with E-state index in [1.165, 1.54) is 32.8 Å². The second-order valence-electron chi connectivity index (χ2n) is 11.8. The Morgan fingerprint density at radius 2 is 1.04 bits per heavy atom. The number of para-hydroxylation sites is 7. The van der Waals surface area contributed by atoms with Crippen LogP contribution in [0.4, 0.5) is 0 Å². The molecule has 0 saturated heterocycles. The van der Waals surface area contributed by atoms with E-state index < -0.39 is 0 Å². The fraction of sp³-hybridized carbons (Fsp3) is 0.0256. The summed E-state index contributed by atoms with van der Waals surface area (Å²) in [6.45, 7) is 0. The maximum absolute atomic E-state index is 5.11. The second kappa shape index (κ2) is 9.52. The van der Waals surface area contributed by atoms with Crippen LogP contribution in [0.15, 0.2) is 140 Å². The standard InChI is InChI=1S/C39H26N6.Pt/c1-41-25-42(35-18-7-6-17-34(35)41)26-21-22-30-29-13-2-4-15-32(29)43(38(30)24-26)27-11-10-12-28(23-27)44-36-19-8-9-20-37(36)45-33-16-5-3-14-31(33)40-39(44)45;/h2-24H,1H3;. The van der Waals surface area contributed by atoms with E-state index in [0.29, 0.717) is 0 Å². The maximum atomic E-state index is 5.11. The Morgan fingerprint density at radius 1 is 0.457 bits per heavy atom. The predicted octanol–water partition coefficient (Wildman–Crippen LogP) is 8.89. The van der Waals surface area contributed by atoms with Gasteiger partial charge in [0.15, 0.2) is 0 Å². The zero-order valence-corrected chi connectivity index (χ0v) is 27.1. The van der Waals surface area contributed by atoms with Crippen LogP contribution in [0.5, 0.6) is 0 Å². The van der Waals surface area contributed by atoms with Crippen molar-refractivity contribution in [2.45, 2.75) is 0 Å². The number of nitrogens with zero attached hydrogens (tertiary/aromatic N) is 6. The van der Waals surface area contributed by atoms with E-state index in [1.54, 1.807) is 0 Å². The van der Waals surface area contributed by atoms with E-state index in [4.69, 9.17) is 4.98 Å². The monoisotopic (exact) mass is 773 g/mol. The summed E-state index contributed by atoms with van der Waals surface area (Å²) in [5, 5.41) is 2.47. The summed E-state index contributed by atoms with van der Waals surface area (Å²) < 4.78 is 12.7. The molecule has 0 N–H and O–H groups in total. The topological polar surface area (TPSA) is 37.0 Å². The molecule has 6 aromatic carbocycles. The summed E-state index contributed by atoms with van der Waals surface area (Å²) >= 11 is 2.44. The van der Waals surface area contributed by atoms with Crippen LogP contribution in [-0.4, -0.2) is 27.7 Å². The minimum absolute atomic E-state index is 0.908. The number of hydrogen-bond acceptors (Lipinski definition) is 1. The Hall–Kier alpha value is -5.45. The zero-order valence-electron chi connectivity index (χ0n) is 24.8. The van der Waals surface area contributed by atoms with Gasteiger partial charge in [0, 0.05) is 0 Å². The van der Waals surface area contributed by atoms with E-state index in [-0.39, 0.29) is 0 Å². The van der Waals surface area contributed by atoms with Gasteiger partial charge in [-0.25, -0.2) is 0 Å². The molecule has 0 bridgehead atoms. The number of aryl methyl sites for hydroxylation is 1. The molecule has 4 heterocycles. The number of benzene rings is 6. The molecule has 10 rings (SSSR count). The summed E-state index contributed by atoms with van der Waals surface area (Å²) in [4.78, 5) is 5.11. The zero-order chi connectivity index (χ0) is 30.5. The third kappa shape index (κ3) is 3.45.